The molecule has 1 aliphatic heterocycles. The quantitative estimate of drug-likeness (QED) is 0.629. The molecule has 0 aromatic heterocycles. The number of hydrogen-bond acceptors (Lipinski definition) is 6. The van der Waals surface area contributed by atoms with Gasteiger partial charge in [0.25, 0.3) is 5.91 Å². The van der Waals surface area contributed by atoms with Gasteiger partial charge < -0.3 is 14.8 Å². The van der Waals surface area contributed by atoms with E-state index in [0.717, 1.165) is 0 Å². The lowest BCUT2D eigenvalue weighted by molar-refractivity contribution is -0.119. The summed E-state index contributed by atoms with van der Waals surface area (Å²) in [6.07, 6.45) is 0. The van der Waals surface area contributed by atoms with Crippen molar-refractivity contribution in [2.24, 2.45) is 0 Å². The predicted molar refractivity (Wildman–Crippen MR) is 116 cm³/mol. The molecule has 1 aliphatic rings. The summed E-state index contributed by atoms with van der Waals surface area (Å²) in [5.41, 5.74) is 0.770. The van der Waals surface area contributed by atoms with Gasteiger partial charge in [0.1, 0.15) is 0 Å². The van der Waals surface area contributed by atoms with Crippen molar-refractivity contribution in [3.63, 3.8) is 0 Å². The molecular weight excluding hydrogens is 467 g/mol. The third-order valence-corrected chi connectivity index (χ3v) is 7.23. The highest BCUT2D eigenvalue weighted by Gasteiger charge is 2.28. The number of nitrogens with one attached hydrogen (secondary N) is 1. The fourth-order valence-electron chi connectivity index (χ4n) is 2.97. The molecule has 2 aromatic carbocycles. The van der Waals surface area contributed by atoms with E-state index in [2.05, 4.69) is 5.32 Å². The number of nitrogens with zero attached hydrogens (tertiary/aromatic N) is 1. The molecular formula is C20H20Cl2N2O6S. The molecule has 1 heterocycles. The Labute approximate surface area is 190 Å². The molecule has 1 saturated heterocycles. The van der Waals surface area contributed by atoms with E-state index in [-0.39, 0.29) is 39.3 Å². The van der Waals surface area contributed by atoms with Crippen LogP contribution in [0.3, 0.4) is 0 Å². The second-order valence-electron chi connectivity index (χ2n) is 6.72. The topological polar surface area (TPSA) is 102 Å². The number of carbonyl (C=O) groups excluding carboxylic acids is 2. The number of carbonyl (C=O) groups is 2. The van der Waals surface area contributed by atoms with Gasteiger partial charge in [-0.15, -0.1) is 0 Å². The van der Waals surface area contributed by atoms with Crippen molar-refractivity contribution in [2.45, 2.75) is 11.8 Å². The maximum Gasteiger partial charge on any atom is 0.341 e. The summed E-state index contributed by atoms with van der Waals surface area (Å²) in [5.74, 6) is -1.49. The molecule has 1 fully saturated rings. The zero-order valence-corrected chi connectivity index (χ0v) is 18.9. The Balaban J connectivity index is 1.68. The summed E-state index contributed by atoms with van der Waals surface area (Å²) in [5, 5.41) is 2.74. The number of hydrogen-bond donors (Lipinski definition) is 1. The first-order chi connectivity index (χ1) is 14.7. The van der Waals surface area contributed by atoms with Gasteiger partial charge in [-0.2, -0.15) is 4.31 Å². The van der Waals surface area contributed by atoms with E-state index in [9.17, 15) is 18.0 Å². The summed E-state index contributed by atoms with van der Waals surface area (Å²) in [6.45, 7) is 2.26. The number of halogens is 2. The molecule has 11 heteroatoms. The zero-order valence-electron chi connectivity index (χ0n) is 16.6. The fraction of sp³-hybridized carbons (Fsp3) is 0.300. The second kappa shape index (κ2) is 9.97. The van der Waals surface area contributed by atoms with Crippen LogP contribution >= 0.6 is 23.2 Å². The number of ether oxygens (including phenoxy) is 2. The molecule has 166 valence electrons. The molecule has 0 unspecified atom stereocenters. The van der Waals surface area contributed by atoms with E-state index in [1.807, 2.05) is 0 Å². The number of amides is 1. The Kier molecular flexibility index (Phi) is 7.55. The Hall–Kier alpha value is -2.17. The van der Waals surface area contributed by atoms with E-state index in [4.69, 9.17) is 32.7 Å². The van der Waals surface area contributed by atoms with Crippen LogP contribution in [-0.4, -0.2) is 57.5 Å². The average molecular weight is 487 g/mol. The van der Waals surface area contributed by atoms with E-state index in [1.54, 1.807) is 25.1 Å². The van der Waals surface area contributed by atoms with Crippen LogP contribution in [-0.2, 0) is 24.3 Å². The molecule has 1 N–H and O–H groups in total. The van der Waals surface area contributed by atoms with Crippen LogP contribution in [0.15, 0.2) is 41.3 Å². The molecule has 8 nitrogen and oxygen atoms in total. The maximum absolute atomic E-state index is 12.9. The number of sulfonamides is 1. The van der Waals surface area contributed by atoms with Crippen LogP contribution in [0, 0.1) is 6.92 Å². The normalized spacial score (nSPS) is 14.8. The van der Waals surface area contributed by atoms with E-state index in [1.165, 1.54) is 22.5 Å². The highest BCUT2D eigenvalue weighted by atomic mass is 35.5. The standard InChI is InChI=1S/C20H20Cl2N2O6S/c1-13-5-6-14(11-17(13)31(27,28)24-7-9-29-10-8-24)23-18(25)12-30-20(26)19-15(21)3-2-4-16(19)22/h2-6,11H,7-10,12H2,1H3,(H,23,25). The highest BCUT2D eigenvalue weighted by molar-refractivity contribution is 7.89. The molecule has 2 aromatic rings. The van der Waals surface area contributed by atoms with Crippen LogP contribution in [0.25, 0.3) is 0 Å². The van der Waals surface area contributed by atoms with Crippen molar-refractivity contribution < 1.29 is 27.5 Å². The van der Waals surface area contributed by atoms with Gasteiger partial charge in [-0.3, -0.25) is 4.79 Å². The lowest BCUT2D eigenvalue weighted by Crippen LogP contribution is -2.40. The number of anilines is 1. The Morgan fingerprint density at radius 2 is 1.77 bits per heavy atom. The fourth-order valence-corrected chi connectivity index (χ4v) is 5.19. The van der Waals surface area contributed by atoms with Crippen molar-refractivity contribution in [1.82, 2.24) is 4.31 Å². The van der Waals surface area contributed by atoms with Crippen molar-refractivity contribution in [2.75, 3.05) is 38.2 Å². The van der Waals surface area contributed by atoms with Crippen LogP contribution in [0.4, 0.5) is 5.69 Å². The number of morpholine rings is 1. The Morgan fingerprint density at radius 3 is 2.42 bits per heavy atom. The van der Waals surface area contributed by atoms with E-state index >= 15 is 0 Å². The summed E-state index contributed by atoms with van der Waals surface area (Å²) in [6, 6.07) is 9.08. The first-order valence-corrected chi connectivity index (χ1v) is 11.5. The molecule has 0 bridgehead atoms. The van der Waals surface area contributed by atoms with Crippen molar-refractivity contribution in [3.05, 3.63) is 57.6 Å². The van der Waals surface area contributed by atoms with Crippen molar-refractivity contribution in [3.8, 4) is 0 Å². The first-order valence-electron chi connectivity index (χ1n) is 9.29. The zero-order chi connectivity index (χ0) is 22.6. The smallest absolute Gasteiger partial charge is 0.341 e. The lowest BCUT2D eigenvalue weighted by Gasteiger charge is -2.26. The first kappa shape index (κ1) is 23.5. The van der Waals surface area contributed by atoms with Crippen LogP contribution < -0.4 is 5.32 Å². The molecule has 0 aliphatic carbocycles. The Morgan fingerprint density at radius 1 is 1.13 bits per heavy atom. The summed E-state index contributed by atoms with van der Waals surface area (Å²) < 4.78 is 37.4. The largest absolute Gasteiger partial charge is 0.452 e. The molecule has 0 saturated carbocycles. The summed E-state index contributed by atoms with van der Waals surface area (Å²) in [7, 11) is -3.73. The summed E-state index contributed by atoms with van der Waals surface area (Å²) >= 11 is 11.9. The highest BCUT2D eigenvalue weighted by Crippen LogP contribution is 2.26. The van der Waals surface area contributed by atoms with Gasteiger partial charge >= 0.3 is 5.97 Å². The van der Waals surface area contributed by atoms with Gasteiger partial charge in [0.05, 0.1) is 33.7 Å². The number of esters is 1. The van der Waals surface area contributed by atoms with Crippen LogP contribution in [0.1, 0.15) is 15.9 Å². The minimum absolute atomic E-state index is 0.0344. The van der Waals surface area contributed by atoms with Gasteiger partial charge in [0.2, 0.25) is 10.0 Å². The van der Waals surface area contributed by atoms with Crippen LogP contribution in [0.5, 0.6) is 0 Å². The minimum atomic E-state index is -3.73. The number of aryl methyl sites for hydroxylation is 1. The number of rotatable bonds is 6. The molecule has 0 spiro atoms. The predicted octanol–water partition coefficient (Wildman–Crippen LogP) is 3.12. The molecule has 0 radical (unpaired) electrons. The van der Waals surface area contributed by atoms with Gasteiger partial charge in [-0.25, -0.2) is 13.2 Å². The lowest BCUT2D eigenvalue weighted by atomic mass is 10.2. The van der Waals surface area contributed by atoms with E-state index in [0.29, 0.717) is 18.8 Å². The second-order valence-corrected chi connectivity index (χ2v) is 9.44. The molecule has 0 atom stereocenters. The van der Waals surface area contributed by atoms with Crippen molar-refractivity contribution in [1.29, 1.82) is 0 Å². The van der Waals surface area contributed by atoms with Gasteiger partial charge in [-0.05, 0) is 36.8 Å². The Bertz CT molecular complexity index is 1080. The molecule has 3 rings (SSSR count). The molecule has 31 heavy (non-hydrogen) atoms. The van der Waals surface area contributed by atoms with Gasteiger partial charge in [0.15, 0.2) is 6.61 Å². The molecule has 1 amide bonds. The number of benzene rings is 2. The third kappa shape index (κ3) is 5.55. The maximum atomic E-state index is 12.9. The van der Waals surface area contributed by atoms with Crippen molar-refractivity contribution >= 4 is 50.8 Å². The van der Waals surface area contributed by atoms with Gasteiger partial charge in [0, 0.05) is 18.8 Å². The SMILES string of the molecule is Cc1ccc(NC(=O)COC(=O)c2c(Cl)cccc2Cl)cc1S(=O)(=O)N1CCOCC1. The summed E-state index contributed by atoms with van der Waals surface area (Å²) in [4.78, 5) is 24.5. The minimum Gasteiger partial charge on any atom is -0.452 e. The van der Waals surface area contributed by atoms with E-state index < -0.39 is 28.5 Å². The average Bonchev–Trinajstić information content (AvgIpc) is 2.74. The van der Waals surface area contributed by atoms with Gasteiger partial charge in [-0.1, -0.05) is 35.3 Å². The monoisotopic (exact) mass is 486 g/mol. The third-order valence-electron chi connectivity index (χ3n) is 4.56. The van der Waals surface area contributed by atoms with Crippen LogP contribution in [0.2, 0.25) is 10.0 Å².